The third kappa shape index (κ3) is 3.60. The van der Waals surface area contributed by atoms with E-state index < -0.39 is 0 Å². The first-order chi connectivity index (χ1) is 11.6. The van der Waals surface area contributed by atoms with Gasteiger partial charge < -0.3 is 4.74 Å². The lowest BCUT2D eigenvalue weighted by Gasteiger charge is -2.04. The number of hydrogen-bond donors (Lipinski definition) is 1. The normalized spacial score (nSPS) is 11.7. The fourth-order valence-electron chi connectivity index (χ4n) is 2.18. The molecule has 1 heterocycles. The van der Waals surface area contributed by atoms with Gasteiger partial charge in [-0.15, -0.1) is 0 Å². The molecule has 0 spiro atoms. The largest absolute Gasteiger partial charge is 0.497 e. The van der Waals surface area contributed by atoms with Crippen LogP contribution in [-0.2, 0) is 6.54 Å². The average Bonchev–Trinajstić information content (AvgIpc) is 2.92. The molecule has 5 nitrogen and oxygen atoms in total. The van der Waals surface area contributed by atoms with E-state index in [1.54, 1.807) is 17.7 Å². The van der Waals surface area contributed by atoms with Crippen LogP contribution in [0.3, 0.4) is 0 Å². The van der Waals surface area contributed by atoms with Gasteiger partial charge in [0.05, 0.1) is 19.3 Å². The minimum atomic E-state index is -0.187. The molecule has 2 aromatic carbocycles. The topological polar surface area (TPSA) is 59.4 Å². The summed E-state index contributed by atoms with van der Waals surface area (Å²) in [6.45, 7) is 2.37. The molecule has 0 atom stereocenters. The van der Waals surface area contributed by atoms with E-state index in [-0.39, 0.29) is 5.69 Å². The molecule has 7 heteroatoms. The molecule has 0 bridgehead atoms. The van der Waals surface area contributed by atoms with Crippen LogP contribution in [0.5, 0.6) is 5.75 Å². The van der Waals surface area contributed by atoms with Crippen molar-refractivity contribution in [1.82, 2.24) is 8.94 Å². The number of methoxy groups -OCH3 is 1. The van der Waals surface area contributed by atoms with Crippen molar-refractivity contribution < 1.29 is 4.74 Å². The first-order valence-corrected chi connectivity index (χ1v) is 8.48. The zero-order valence-corrected chi connectivity index (χ0v) is 14.8. The highest BCUT2D eigenvalue weighted by Crippen LogP contribution is 2.21. The number of hydrogen-bond acceptors (Lipinski definition) is 4. The van der Waals surface area contributed by atoms with Gasteiger partial charge in [-0.2, -0.15) is 0 Å². The van der Waals surface area contributed by atoms with Gasteiger partial charge in [-0.25, -0.2) is 9.79 Å². The summed E-state index contributed by atoms with van der Waals surface area (Å²) in [5.74, 6) is 0.780. The van der Waals surface area contributed by atoms with Crippen molar-refractivity contribution in [3.8, 4) is 5.75 Å². The van der Waals surface area contributed by atoms with Gasteiger partial charge in [-0.05, 0) is 53.8 Å². The standard InChI is InChI=1S/C17H16ClN3O2S/c1-11-3-6-13(9-15(11)18)19-17-21(16(22)20-24-17)10-12-4-7-14(23-2)8-5-12/h3-9H,10H2,1-2H3,(H,20,22). The fourth-order valence-corrected chi connectivity index (χ4v) is 3.06. The second kappa shape index (κ2) is 7.07. The van der Waals surface area contributed by atoms with E-state index in [4.69, 9.17) is 16.3 Å². The minimum absolute atomic E-state index is 0.187. The Hall–Kier alpha value is -2.31. The molecule has 0 fully saturated rings. The van der Waals surface area contributed by atoms with Crippen molar-refractivity contribution in [2.75, 3.05) is 7.11 Å². The Kier molecular flexibility index (Phi) is 4.87. The summed E-state index contributed by atoms with van der Waals surface area (Å²) in [5, 5.41) is 0.654. The summed E-state index contributed by atoms with van der Waals surface area (Å²) in [5.41, 5.74) is 2.50. The summed E-state index contributed by atoms with van der Waals surface area (Å²) < 4.78 is 9.47. The monoisotopic (exact) mass is 361 g/mol. The molecular formula is C17H16ClN3O2S. The highest BCUT2D eigenvalue weighted by Gasteiger charge is 2.05. The van der Waals surface area contributed by atoms with Crippen LogP contribution in [0, 0.1) is 6.92 Å². The number of aryl methyl sites for hydroxylation is 1. The first-order valence-electron chi connectivity index (χ1n) is 7.29. The summed E-state index contributed by atoms with van der Waals surface area (Å²) in [4.78, 5) is 17.2. The molecule has 124 valence electrons. The second-order valence-electron chi connectivity index (χ2n) is 5.27. The highest BCUT2D eigenvalue weighted by atomic mass is 35.5. The summed E-state index contributed by atoms with van der Waals surface area (Å²) in [7, 11) is 1.62. The van der Waals surface area contributed by atoms with E-state index in [0.29, 0.717) is 22.1 Å². The molecule has 0 aliphatic carbocycles. The third-order valence-electron chi connectivity index (χ3n) is 3.59. The van der Waals surface area contributed by atoms with Crippen molar-refractivity contribution in [2.24, 2.45) is 4.99 Å². The molecule has 3 rings (SSSR count). The van der Waals surface area contributed by atoms with Gasteiger partial charge in [-0.1, -0.05) is 29.8 Å². The maximum Gasteiger partial charge on any atom is 0.337 e. The van der Waals surface area contributed by atoms with Crippen molar-refractivity contribution in [3.05, 3.63) is 73.9 Å². The van der Waals surface area contributed by atoms with Crippen LogP contribution in [0.2, 0.25) is 5.02 Å². The van der Waals surface area contributed by atoms with Crippen molar-refractivity contribution in [3.63, 3.8) is 0 Å². The summed E-state index contributed by atoms with van der Waals surface area (Å²) in [6.07, 6.45) is 0. The van der Waals surface area contributed by atoms with Gasteiger partial charge in [0.25, 0.3) is 0 Å². The predicted octanol–water partition coefficient (Wildman–Crippen LogP) is 3.49. The number of rotatable bonds is 4. The van der Waals surface area contributed by atoms with Gasteiger partial charge in [0.15, 0.2) is 0 Å². The number of nitrogens with zero attached hydrogens (tertiary/aromatic N) is 2. The van der Waals surface area contributed by atoms with Crippen LogP contribution in [0.15, 0.2) is 52.3 Å². The van der Waals surface area contributed by atoms with Gasteiger partial charge in [0.2, 0.25) is 4.80 Å². The Morgan fingerprint density at radius 3 is 2.67 bits per heavy atom. The zero-order chi connectivity index (χ0) is 17.1. The number of aromatic nitrogens is 2. The Morgan fingerprint density at radius 2 is 2.00 bits per heavy atom. The van der Waals surface area contributed by atoms with Crippen LogP contribution in [0.4, 0.5) is 5.69 Å². The first kappa shape index (κ1) is 16.5. The minimum Gasteiger partial charge on any atom is -0.497 e. The molecule has 0 amide bonds. The number of aromatic amines is 1. The number of halogens is 1. The van der Waals surface area contributed by atoms with Gasteiger partial charge in [0.1, 0.15) is 5.75 Å². The number of nitrogens with one attached hydrogen (secondary N) is 1. The quantitative estimate of drug-likeness (QED) is 0.773. The summed E-state index contributed by atoms with van der Waals surface area (Å²) in [6, 6.07) is 13.2. The van der Waals surface area contributed by atoms with Crippen LogP contribution in [0.1, 0.15) is 11.1 Å². The number of ether oxygens (including phenoxy) is 1. The molecule has 24 heavy (non-hydrogen) atoms. The van der Waals surface area contributed by atoms with E-state index in [1.807, 2.05) is 43.3 Å². The highest BCUT2D eigenvalue weighted by molar-refractivity contribution is 7.02. The molecule has 0 radical (unpaired) electrons. The van der Waals surface area contributed by atoms with Crippen LogP contribution in [-0.4, -0.2) is 16.1 Å². The molecule has 0 saturated carbocycles. The van der Waals surface area contributed by atoms with Crippen LogP contribution in [0.25, 0.3) is 0 Å². The maximum atomic E-state index is 12.1. The molecular weight excluding hydrogens is 346 g/mol. The fraction of sp³-hybridized carbons (Fsp3) is 0.176. The van der Waals surface area contributed by atoms with Crippen molar-refractivity contribution in [1.29, 1.82) is 0 Å². The summed E-state index contributed by atoms with van der Waals surface area (Å²) >= 11 is 7.34. The average molecular weight is 362 g/mol. The SMILES string of the molecule is COc1ccc(Cn2c(=O)[nH]sc2=Nc2ccc(C)c(Cl)c2)cc1. The predicted molar refractivity (Wildman–Crippen MR) is 96.4 cm³/mol. The maximum absolute atomic E-state index is 12.1. The Bertz CT molecular complexity index is 970. The lowest BCUT2D eigenvalue weighted by atomic mass is 10.2. The lowest BCUT2D eigenvalue weighted by molar-refractivity contribution is 0.414. The molecule has 0 aliphatic rings. The molecule has 0 aliphatic heterocycles. The van der Waals surface area contributed by atoms with Gasteiger partial charge >= 0.3 is 5.69 Å². The Balaban J connectivity index is 1.97. The molecule has 0 saturated heterocycles. The Morgan fingerprint density at radius 1 is 1.25 bits per heavy atom. The van der Waals surface area contributed by atoms with Crippen molar-refractivity contribution in [2.45, 2.75) is 13.5 Å². The molecule has 3 aromatic rings. The van der Waals surface area contributed by atoms with E-state index in [2.05, 4.69) is 9.37 Å². The zero-order valence-electron chi connectivity index (χ0n) is 13.2. The van der Waals surface area contributed by atoms with Crippen molar-refractivity contribution >= 4 is 28.8 Å². The Labute approximate surface area is 148 Å². The van der Waals surface area contributed by atoms with Crippen LogP contribution >= 0.6 is 23.1 Å². The lowest BCUT2D eigenvalue weighted by Crippen LogP contribution is -2.26. The smallest absolute Gasteiger partial charge is 0.337 e. The van der Waals surface area contributed by atoms with E-state index in [9.17, 15) is 4.79 Å². The molecule has 0 unspecified atom stereocenters. The molecule has 1 N–H and O–H groups in total. The second-order valence-corrected chi connectivity index (χ2v) is 6.45. The van der Waals surface area contributed by atoms with Crippen LogP contribution < -0.4 is 15.2 Å². The van der Waals surface area contributed by atoms with E-state index in [0.717, 1.165) is 16.9 Å². The number of benzene rings is 2. The van der Waals surface area contributed by atoms with Gasteiger partial charge in [-0.3, -0.25) is 8.94 Å². The van der Waals surface area contributed by atoms with Gasteiger partial charge in [0, 0.05) is 5.02 Å². The van der Waals surface area contributed by atoms with E-state index >= 15 is 0 Å². The third-order valence-corrected chi connectivity index (χ3v) is 4.76. The molecule has 1 aromatic heterocycles. The number of H-pyrrole nitrogens is 1. The van der Waals surface area contributed by atoms with E-state index in [1.165, 1.54) is 11.5 Å².